The van der Waals surface area contributed by atoms with Gasteiger partial charge in [-0.05, 0) is 44.0 Å². The van der Waals surface area contributed by atoms with Gasteiger partial charge in [-0.25, -0.2) is 4.98 Å². The number of nitrogens with zero attached hydrogens (tertiary/aromatic N) is 3. The molecule has 0 unspecified atom stereocenters. The average Bonchev–Trinajstić information content (AvgIpc) is 2.78. The van der Waals surface area contributed by atoms with Crippen LogP contribution in [-0.4, -0.2) is 27.3 Å². The molecule has 1 aliphatic rings. The Bertz CT molecular complexity index is 588. The Morgan fingerprint density at radius 2 is 1.82 bits per heavy atom. The number of nitrogens with one attached hydrogen (secondary N) is 1. The Kier molecular flexibility index (Phi) is 5.40. The van der Waals surface area contributed by atoms with Crippen molar-refractivity contribution in [3.63, 3.8) is 0 Å². The highest BCUT2D eigenvalue weighted by Crippen LogP contribution is 2.18. The summed E-state index contributed by atoms with van der Waals surface area (Å²) in [6, 6.07) is 8.74. The third-order valence-corrected chi connectivity index (χ3v) is 4.93. The van der Waals surface area contributed by atoms with E-state index in [0.29, 0.717) is 0 Å². The molecule has 1 fully saturated rings. The first-order valence-electron chi connectivity index (χ1n) is 8.14. The van der Waals surface area contributed by atoms with Gasteiger partial charge >= 0.3 is 0 Å². The van der Waals surface area contributed by atoms with Crippen LogP contribution in [0.2, 0.25) is 0 Å². The maximum absolute atomic E-state index is 4.37. The van der Waals surface area contributed by atoms with E-state index in [1.54, 1.807) is 0 Å². The van der Waals surface area contributed by atoms with E-state index in [1.807, 2.05) is 6.92 Å². The van der Waals surface area contributed by atoms with Crippen LogP contribution in [0.4, 0.5) is 5.13 Å². The molecule has 118 valence electrons. The number of likely N-dealkylation sites (tertiary alicyclic amines) is 1. The second-order valence-electron chi connectivity index (χ2n) is 5.96. The van der Waals surface area contributed by atoms with E-state index in [2.05, 4.69) is 43.8 Å². The van der Waals surface area contributed by atoms with Crippen LogP contribution in [0, 0.1) is 6.92 Å². The summed E-state index contributed by atoms with van der Waals surface area (Å²) in [7, 11) is 0. The monoisotopic (exact) mass is 316 g/mol. The van der Waals surface area contributed by atoms with Gasteiger partial charge in [-0.2, -0.15) is 4.37 Å². The molecular weight excluding hydrogens is 292 g/mol. The zero-order chi connectivity index (χ0) is 15.2. The van der Waals surface area contributed by atoms with Crippen LogP contribution in [0.3, 0.4) is 0 Å². The summed E-state index contributed by atoms with van der Waals surface area (Å²) < 4.78 is 4.22. The lowest BCUT2D eigenvalue weighted by Gasteiger charge is -2.21. The lowest BCUT2D eigenvalue weighted by molar-refractivity contribution is 0.276. The van der Waals surface area contributed by atoms with Gasteiger partial charge in [0.15, 0.2) is 0 Å². The molecule has 3 rings (SSSR count). The maximum atomic E-state index is 4.37. The van der Waals surface area contributed by atoms with Crippen LogP contribution in [0.1, 0.15) is 42.6 Å². The fourth-order valence-electron chi connectivity index (χ4n) is 2.96. The van der Waals surface area contributed by atoms with Crippen molar-refractivity contribution in [3.05, 3.63) is 41.2 Å². The standard InChI is InChI=1S/C17H24N4S/c1-14-19-17(22-20-14)18-12-15-8-4-5-9-16(15)13-21-10-6-2-3-7-11-21/h4-5,8-9H,2-3,6-7,10-13H2,1H3,(H,18,19,20). The number of aromatic nitrogens is 2. The van der Waals surface area contributed by atoms with Crippen LogP contribution < -0.4 is 5.32 Å². The predicted molar refractivity (Wildman–Crippen MR) is 92.2 cm³/mol. The number of rotatable bonds is 5. The van der Waals surface area contributed by atoms with Gasteiger partial charge in [0, 0.05) is 24.6 Å². The predicted octanol–water partition coefficient (Wildman–Crippen LogP) is 3.83. The van der Waals surface area contributed by atoms with E-state index >= 15 is 0 Å². The lowest BCUT2D eigenvalue weighted by atomic mass is 10.1. The highest BCUT2D eigenvalue weighted by molar-refractivity contribution is 7.09. The molecule has 0 saturated carbocycles. The second-order valence-corrected chi connectivity index (χ2v) is 6.71. The largest absolute Gasteiger partial charge is 0.356 e. The van der Waals surface area contributed by atoms with Crippen molar-refractivity contribution in [2.24, 2.45) is 0 Å². The molecule has 0 bridgehead atoms. The van der Waals surface area contributed by atoms with Crippen LogP contribution in [0.15, 0.2) is 24.3 Å². The highest BCUT2D eigenvalue weighted by Gasteiger charge is 2.11. The third kappa shape index (κ3) is 4.27. The molecule has 22 heavy (non-hydrogen) atoms. The van der Waals surface area contributed by atoms with Gasteiger partial charge in [-0.15, -0.1) is 0 Å². The molecule has 0 amide bonds. The van der Waals surface area contributed by atoms with Crippen LogP contribution in [0.5, 0.6) is 0 Å². The Morgan fingerprint density at radius 1 is 1.09 bits per heavy atom. The van der Waals surface area contributed by atoms with Crippen molar-refractivity contribution in [1.82, 2.24) is 14.3 Å². The topological polar surface area (TPSA) is 41.1 Å². The van der Waals surface area contributed by atoms with Gasteiger partial charge in [0.05, 0.1) is 0 Å². The average molecular weight is 316 g/mol. The van der Waals surface area contributed by atoms with Crippen molar-refractivity contribution in [3.8, 4) is 0 Å². The lowest BCUT2D eigenvalue weighted by Crippen LogP contribution is -2.24. The van der Waals surface area contributed by atoms with Crippen LogP contribution in [-0.2, 0) is 13.1 Å². The normalized spacial score (nSPS) is 16.4. The SMILES string of the molecule is Cc1nsc(NCc2ccccc2CN2CCCCCC2)n1. The second kappa shape index (κ2) is 7.70. The van der Waals surface area contributed by atoms with Crippen molar-refractivity contribution in [2.75, 3.05) is 18.4 Å². The molecular formula is C17H24N4S. The molecule has 1 aromatic heterocycles. The minimum atomic E-state index is 0.818. The van der Waals surface area contributed by atoms with Gasteiger partial charge in [0.2, 0.25) is 5.13 Å². The summed E-state index contributed by atoms with van der Waals surface area (Å²) >= 11 is 1.43. The zero-order valence-corrected chi connectivity index (χ0v) is 14.0. The molecule has 1 aliphatic heterocycles. The summed E-state index contributed by atoms with van der Waals surface area (Å²) in [6.07, 6.45) is 5.45. The van der Waals surface area contributed by atoms with E-state index in [-0.39, 0.29) is 0 Å². The molecule has 1 saturated heterocycles. The first kappa shape index (κ1) is 15.4. The quantitative estimate of drug-likeness (QED) is 0.910. The Balaban J connectivity index is 1.63. The summed E-state index contributed by atoms with van der Waals surface area (Å²) in [5.74, 6) is 0.838. The number of anilines is 1. The zero-order valence-electron chi connectivity index (χ0n) is 13.2. The molecule has 0 atom stereocenters. The van der Waals surface area contributed by atoms with Gasteiger partial charge in [-0.1, -0.05) is 37.1 Å². The fourth-order valence-corrected chi connectivity index (χ4v) is 3.53. The smallest absolute Gasteiger partial charge is 0.202 e. The number of aryl methyl sites for hydroxylation is 1. The van der Waals surface area contributed by atoms with Crippen molar-refractivity contribution < 1.29 is 0 Å². The molecule has 1 N–H and O–H groups in total. The summed E-state index contributed by atoms with van der Waals surface area (Å²) in [4.78, 5) is 6.97. The van der Waals surface area contributed by atoms with Gasteiger partial charge in [0.1, 0.15) is 5.82 Å². The molecule has 4 nitrogen and oxygen atoms in total. The van der Waals surface area contributed by atoms with Crippen molar-refractivity contribution in [2.45, 2.75) is 45.7 Å². The van der Waals surface area contributed by atoms with Gasteiger partial charge in [0.25, 0.3) is 0 Å². The Morgan fingerprint density at radius 3 is 2.50 bits per heavy atom. The number of hydrogen-bond acceptors (Lipinski definition) is 5. The van der Waals surface area contributed by atoms with E-state index in [4.69, 9.17) is 0 Å². The minimum Gasteiger partial charge on any atom is -0.356 e. The molecule has 0 radical (unpaired) electrons. The molecule has 2 heterocycles. The highest BCUT2D eigenvalue weighted by atomic mass is 32.1. The summed E-state index contributed by atoms with van der Waals surface area (Å²) in [5, 5.41) is 4.30. The molecule has 0 aliphatic carbocycles. The van der Waals surface area contributed by atoms with Crippen molar-refractivity contribution in [1.29, 1.82) is 0 Å². The molecule has 5 heteroatoms. The maximum Gasteiger partial charge on any atom is 0.202 e. The minimum absolute atomic E-state index is 0.818. The summed E-state index contributed by atoms with van der Waals surface area (Å²) in [5.41, 5.74) is 2.79. The Hall–Kier alpha value is -1.46. The van der Waals surface area contributed by atoms with Crippen molar-refractivity contribution >= 4 is 16.7 Å². The number of hydrogen-bond donors (Lipinski definition) is 1. The Labute approximate surface area is 136 Å². The molecule has 1 aromatic carbocycles. The van der Waals surface area contributed by atoms with Gasteiger partial charge in [-0.3, -0.25) is 4.90 Å². The van der Waals surface area contributed by atoms with Crippen LogP contribution >= 0.6 is 11.5 Å². The van der Waals surface area contributed by atoms with E-state index in [0.717, 1.165) is 24.0 Å². The third-order valence-electron chi connectivity index (χ3n) is 4.17. The van der Waals surface area contributed by atoms with E-state index < -0.39 is 0 Å². The van der Waals surface area contributed by atoms with E-state index in [1.165, 1.54) is 61.4 Å². The van der Waals surface area contributed by atoms with Gasteiger partial charge < -0.3 is 5.32 Å². The molecule has 0 spiro atoms. The van der Waals surface area contributed by atoms with Crippen LogP contribution in [0.25, 0.3) is 0 Å². The summed E-state index contributed by atoms with van der Waals surface area (Å²) in [6.45, 7) is 6.27. The first-order chi connectivity index (χ1) is 10.8. The fraction of sp³-hybridized carbons (Fsp3) is 0.529. The molecule has 2 aromatic rings. The first-order valence-corrected chi connectivity index (χ1v) is 8.92. The van der Waals surface area contributed by atoms with E-state index in [9.17, 15) is 0 Å². The number of benzene rings is 1.